The van der Waals surface area contributed by atoms with Gasteiger partial charge >= 0.3 is 5.97 Å². The normalized spacial score (nSPS) is 24.2. The average molecular weight is 369 g/mol. The number of hydrogen-bond donors (Lipinski definition) is 2. The maximum Gasteiger partial charge on any atom is 0.305 e. The smallest absolute Gasteiger partial charge is 0.305 e. The number of allylic oxidation sites excluding steroid dienone is 1. The first kappa shape index (κ1) is 23.2. The highest BCUT2D eigenvalue weighted by Crippen LogP contribution is 2.36. The summed E-state index contributed by atoms with van der Waals surface area (Å²) in [7, 11) is 0. The Morgan fingerprint density at radius 1 is 1.12 bits per heavy atom. The van der Waals surface area contributed by atoms with Gasteiger partial charge in [0.2, 0.25) is 0 Å². The van der Waals surface area contributed by atoms with E-state index in [1.54, 1.807) is 0 Å². The van der Waals surface area contributed by atoms with E-state index in [2.05, 4.69) is 13.0 Å². The molecule has 0 heterocycles. The van der Waals surface area contributed by atoms with E-state index in [0.717, 1.165) is 57.8 Å². The molecule has 0 aromatic carbocycles. The predicted octanol–water partition coefficient (Wildman–Crippen LogP) is 4.77. The quantitative estimate of drug-likeness (QED) is 0.263. The molecule has 1 aliphatic carbocycles. The van der Waals surface area contributed by atoms with E-state index in [9.17, 15) is 15.0 Å². The number of carbonyl (C=O) groups excluding carboxylic acids is 1. The van der Waals surface area contributed by atoms with Crippen LogP contribution in [-0.2, 0) is 9.53 Å². The minimum atomic E-state index is -0.345. The van der Waals surface area contributed by atoms with E-state index in [-0.39, 0.29) is 18.2 Å². The van der Waals surface area contributed by atoms with Crippen molar-refractivity contribution in [2.45, 2.75) is 103 Å². The monoisotopic (exact) mass is 368 g/mol. The lowest BCUT2D eigenvalue weighted by molar-refractivity contribution is -0.143. The Labute approximate surface area is 160 Å². The van der Waals surface area contributed by atoms with Crippen LogP contribution in [0.25, 0.3) is 0 Å². The van der Waals surface area contributed by atoms with Crippen LogP contribution in [0.3, 0.4) is 0 Å². The van der Waals surface area contributed by atoms with Crippen molar-refractivity contribution in [3.63, 3.8) is 0 Å². The van der Waals surface area contributed by atoms with Crippen molar-refractivity contribution in [2.75, 3.05) is 6.61 Å². The Morgan fingerprint density at radius 3 is 2.62 bits per heavy atom. The number of rotatable bonds is 14. The molecule has 1 unspecified atom stereocenters. The molecule has 0 amide bonds. The van der Waals surface area contributed by atoms with Crippen LogP contribution in [0.2, 0.25) is 0 Å². The molecule has 1 saturated carbocycles. The first-order valence-electron chi connectivity index (χ1n) is 10.8. The number of ether oxygens (including phenoxy) is 1. The van der Waals surface area contributed by atoms with Gasteiger partial charge in [0.25, 0.3) is 0 Å². The van der Waals surface area contributed by atoms with E-state index < -0.39 is 0 Å². The van der Waals surface area contributed by atoms with Crippen molar-refractivity contribution in [1.29, 1.82) is 0 Å². The summed E-state index contributed by atoms with van der Waals surface area (Å²) in [6, 6.07) is 0. The number of aliphatic hydroxyl groups is 2. The fourth-order valence-electron chi connectivity index (χ4n) is 3.93. The molecule has 2 N–H and O–H groups in total. The van der Waals surface area contributed by atoms with Crippen LogP contribution in [0, 0.1) is 11.8 Å². The molecular weight excluding hydrogens is 328 g/mol. The molecule has 0 bridgehead atoms. The first-order chi connectivity index (χ1) is 12.6. The van der Waals surface area contributed by atoms with Crippen molar-refractivity contribution in [1.82, 2.24) is 0 Å². The molecule has 0 radical (unpaired) electrons. The van der Waals surface area contributed by atoms with E-state index in [1.807, 2.05) is 13.0 Å². The molecule has 1 aliphatic rings. The summed E-state index contributed by atoms with van der Waals surface area (Å²) in [5.74, 6) is 0.617. The van der Waals surface area contributed by atoms with Gasteiger partial charge in [-0.05, 0) is 50.9 Å². The van der Waals surface area contributed by atoms with Crippen LogP contribution in [0.5, 0.6) is 0 Å². The molecule has 0 saturated heterocycles. The van der Waals surface area contributed by atoms with Crippen molar-refractivity contribution in [3.8, 4) is 0 Å². The number of esters is 1. The van der Waals surface area contributed by atoms with E-state index in [0.29, 0.717) is 24.9 Å². The number of hydrogen-bond acceptors (Lipinski definition) is 4. The van der Waals surface area contributed by atoms with Gasteiger partial charge in [-0.15, -0.1) is 0 Å². The summed E-state index contributed by atoms with van der Waals surface area (Å²) in [6.45, 7) is 4.46. The van der Waals surface area contributed by atoms with Crippen LogP contribution in [0.1, 0.15) is 90.9 Å². The van der Waals surface area contributed by atoms with E-state index >= 15 is 0 Å². The van der Waals surface area contributed by atoms with E-state index in [1.165, 1.54) is 12.8 Å². The predicted molar refractivity (Wildman–Crippen MR) is 106 cm³/mol. The summed E-state index contributed by atoms with van der Waals surface area (Å²) in [4.78, 5) is 11.3. The Balaban J connectivity index is 2.23. The largest absolute Gasteiger partial charge is 0.466 e. The van der Waals surface area contributed by atoms with Gasteiger partial charge in [0, 0.05) is 6.42 Å². The summed E-state index contributed by atoms with van der Waals surface area (Å²) in [5, 5.41) is 20.3. The van der Waals surface area contributed by atoms with Crippen molar-refractivity contribution < 1.29 is 19.7 Å². The van der Waals surface area contributed by atoms with Gasteiger partial charge in [-0.25, -0.2) is 0 Å². The van der Waals surface area contributed by atoms with E-state index in [4.69, 9.17) is 4.74 Å². The molecule has 152 valence electrons. The van der Waals surface area contributed by atoms with Crippen LogP contribution >= 0.6 is 0 Å². The molecule has 0 aliphatic heterocycles. The second-order valence-corrected chi connectivity index (χ2v) is 7.68. The highest BCUT2D eigenvalue weighted by molar-refractivity contribution is 5.69. The Kier molecular flexibility index (Phi) is 12.7. The molecule has 0 aromatic rings. The minimum absolute atomic E-state index is 0.0959. The molecule has 1 fully saturated rings. The summed E-state index contributed by atoms with van der Waals surface area (Å²) >= 11 is 0. The zero-order valence-corrected chi connectivity index (χ0v) is 16.9. The molecule has 0 spiro atoms. The lowest BCUT2D eigenvalue weighted by Gasteiger charge is -2.20. The second kappa shape index (κ2) is 14.2. The number of carbonyl (C=O) groups is 1. The fourth-order valence-corrected chi connectivity index (χ4v) is 3.93. The van der Waals surface area contributed by atoms with Crippen LogP contribution in [-0.4, -0.2) is 35.0 Å². The molecule has 4 heteroatoms. The zero-order chi connectivity index (χ0) is 19.2. The highest BCUT2D eigenvalue weighted by Gasteiger charge is 2.32. The van der Waals surface area contributed by atoms with Gasteiger partial charge in [0.15, 0.2) is 0 Å². The van der Waals surface area contributed by atoms with Gasteiger partial charge in [0.1, 0.15) is 0 Å². The molecule has 0 aromatic heterocycles. The molecule has 1 rings (SSSR count). The Hall–Kier alpha value is -0.870. The van der Waals surface area contributed by atoms with Crippen molar-refractivity contribution in [2.24, 2.45) is 11.8 Å². The topological polar surface area (TPSA) is 66.8 Å². The van der Waals surface area contributed by atoms with Crippen LogP contribution in [0.4, 0.5) is 0 Å². The zero-order valence-electron chi connectivity index (χ0n) is 16.9. The van der Waals surface area contributed by atoms with Gasteiger partial charge in [-0.1, -0.05) is 57.6 Å². The molecule has 4 nitrogen and oxygen atoms in total. The molecule has 4 atom stereocenters. The summed E-state index contributed by atoms with van der Waals surface area (Å²) < 4.78 is 4.93. The Morgan fingerprint density at radius 2 is 1.88 bits per heavy atom. The van der Waals surface area contributed by atoms with Gasteiger partial charge < -0.3 is 14.9 Å². The summed E-state index contributed by atoms with van der Waals surface area (Å²) in [6.07, 6.45) is 15.4. The number of aliphatic hydroxyl groups excluding tert-OH is 2. The average Bonchev–Trinajstić information content (AvgIpc) is 2.96. The van der Waals surface area contributed by atoms with Gasteiger partial charge in [-0.2, -0.15) is 0 Å². The highest BCUT2D eigenvalue weighted by atomic mass is 16.5. The third kappa shape index (κ3) is 9.72. The van der Waals surface area contributed by atoms with Crippen molar-refractivity contribution in [3.05, 3.63) is 12.2 Å². The minimum Gasteiger partial charge on any atom is -0.466 e. The fraction of sp³-hybridized carbons (Fsp3) is 0.864. The molecule has 26 heavy (non-hydrogen) atoms. The van der Waals surface area contributed by atoms with Crippen LogP contribution < -0.4 is 0 Å². The van der Waals surface area contributed by atoms with Gasteiger partial charge in [0.05, 0.1) is 18.8 Å². The maximum absolute atomic E-state index is 11.3. The number of unbranched alkanes of at least 4 members (excludes halogenated alkanes) is 5. The second-order valence-electron chi connectivity index (χ2n) is 7.68. The summed E-state index contributed by atoms with van der Waals surface area (Å²) in [5.41, 5.74) is 0. The third-order valence-corrected chi connectivity index (χ3v) is 5.50. The lowest BCUT2D eigenvalue weighted by atomic mass is 9.88. The Bertz CT molecular complexity index is 394. The standard InChI is InChI=1S/C22H40O4/c1-3-5-8-11-19(23)16-14-18-15-17-21(24)20(18)12-9-6-7-10-13-22(25)26-4-2/h14,16,18-21,23-24H,3-13,15,17H2,1-2H3/b16-14+/t18-,19?,20-,21-/m0/s1. The third-order valence-electron chi connectivity index (χ3n) is 5.50. The van der Waals surface area contributed by atoms with Crippen molar-refractivity contribution >= 4 is 5.97 Å². The van der Waals surface area contributed by atoms with Gasteiger partial charge in [-0.3, -0.25) is 4.79 Å². The lowest BCUT2D eigenvalue weighted by Crippen LogP contribution is -2.18. The molecular formula is C22H40O4. The van der Waals surface area contributed by atoms with Crippen LogP contribution in [0.15, 0.2) is 12.2 Å². The SMILES string of the molecule is CCCCCC(O)/C=C/[C@H]1CC[C@H](O)[C@H]1CCCCCCC(=O)OCC. The first-order valence-corrected chi connectivity index (χ1v) is 10.8. The maximum atomic E-state index is 11.3.